The van der Waals surface area contributed by atoms with Gasteiger partial charge >= 0.3 is 6.18 Å². The highest BCUT2D eigenvalue weighted by molar-refractivity contribution is 14.1. The molecular weight excluding hydrogens is 256 g/mol. The van der Waals surface area contributed by atoms with Gasteiger partial charge in [0.05, 0.1) is 5.92 Å². The first-order valence-corrected chi connectivity index (χ1v) is 4.45. The van der Waals surface area contributed by atoms with Gasteiger partial charge in [0, 0.05) is 3.92 Å². The summed E-state index contributed by atoms with van der Waals surface area (Å²) in [5.41, 5.74) is 0. The van der Waals surface area contributed by atoms with Crippen molar-refractivity contribution in [3.63, 3.8) is 0 Å². The van der Waals surface area contributed by atoms with E-state index in [0.29, 0.717) is 12.8 Å². The van der Waals surface area contributed by atoms with Gasteiger partial charge in [-0.05, 0) is 19.3 Å². The molecule has 1 saturated carbocycles. The van der Waals surface area contributed by atoms with Crippen molar-refractivity contribution in [1.82, 2.24) is 0 Å². The van der Waals surface area contributed by atoms with Crippen molar-refractivity contribution in [3.8, 4) is 0 Å². The Morgan fingerprint density at radius 3 is 2.00 bits per heavy atom. The number of hydrogen-bond donors (Lipinski definition) is 0. The molecule has 0 unspecified atom stereocenters. The lowest BCUT2D eigenvalue weighted by Crippen LogP contribution is -2.19. The zero-order chi connectivity index (χ0) is 7.78. The van der Waals surface area contributed by atoms with Gasteiger partial charge in [-0.25, -0.2) is 0 Å². The second-order valence-electron chi connectivity index (χ2n) is 2.65. The lowest BCUT2D eigenvalue weighted by molar-refractivity contribution is -0.172. The van der Waals surface area contributed by atoms with E-state index in [9.17, 15) is 13.2 Å². The largest absolute Gasteiger partial charge is 0.391 e. The first-order chi connectivity index (χ1) is 4.50. The third-order valence-electron chi connectivity index (χ3n) is 1.83. The monoisotopic (exact) mass is 264 g/mol. The van der Waals surface area contributed by atoms with Gasteiger partial charge in [0.1, 0.15) is 0 Å². The van der Waals surface area contributed by atoms with Gasteiger partial charge in [0.25, 0.3) is 0 Å². The highest BCUT2D eigenvalue weighted by atomic mass is 127. The lowest BCUT2D eigenvalue weighted by atomic mass is 10.1. The summed E-state index contributed by atoms with van der Waals surface area (Å²) in [6, 6.07) is 0. The van der Waals surface area contributed by atoms with E-state index in [1.165, 1.54) is 0 Å². The molecule has 4 heteroatoms. The molecule has 10 heavy (non-hydrogen) atoms. The van der Waals surface area contributed by atoms with Gasteiger partial charge in [0.15, 0.2) is 0 Å². The number of alkyl halides is 4. The molecule has 0 radical (unpaired) electrons. The molecule has 0 nitrogen and oxygen atoms in total. The molecule has 1 aliphatic carbocycles. The Morgan fingerprint density at radius 1 is 1.20 bits per heavy atom. The van der Waals surface area contributed by atoms with E-state index in [0.717, 1.165) is 6.42 Å². The number of rotatable bonds is 0. The van der Waals surface area contributed by atoms with Gasteiger partial charge < -0.3 is 0 Å². The molecule has 0 spiro atoms. The van der Waals surface area contributed by atoms with Crippen molar-refractivity contribution in [2.24, 2.45) is 5.92 Å². The summed E-state index contributed by atoms with van der Waals surface area (Å²) in [6.45, 7) is 0. The quantitative estimate of drug-likeness (QED) is 0.465. The highest BCUT2D eigenvalue weighted by Crippen LogP contribution is 2.41. The topological polar surface area (TPSA) is 0 Å². The minimum atomic E-state index is -3.94. The fourth-order valence-corrected chi connectivity index (χ4v) is 2.20. The van der Waals surface area contributed by atoms with Crippen LogP contribution in [0, 0.1) is 5.92 Å². The average molecular weight is 264 g/mol. The minimum absolute atomic E-state index is 0.240. The predicted octanol–water partition coefficient (Wildman–Crippen LogP) is 3.15. The van der Waals surface area contributed by atoms with Gasteiger partial charge in [0.2, 0.25) is 0 Å². The van der Waals surface area contributed by atoms with Crippen molar-refractivity contribution in [3.05, 3.63) is 0 Å². The van der Waals surface area contributed by atoms with Crippen LogP contribution in [-0.2, 0) is 0 Å². The van der Waals surface area contributed by atoms with Crippen molar-refractivity contribution < 1.29 is 13.2 Å². The van der Waals surface area contributed by atoms with Crippen molar-refractivity contribution >= 4 is 22.6 Å². The normalized spacial score (nSPS) is 34.8. The summed E-state index contributed by atoms with van der Waals surface area (Å²) in [7, 11) is 0. The molecule has 60 valence electrons. The SMILES string of the molecule is FC(F)(F)[C@@H]1CC[C@H](I)C1. The average Bonchev–Trinajstić information content (AvgIpc) is 2.11. The van der Waals surface area contributed by atoms with E-state index in [-0.39, 0.29) is 3.92 Å². The zero-order valence-corrected chi connectivity index (χ0v) is 7.45. The summed E-state index contributed by atoms with van der Waals surface area (Å²) in [5, 5.41) is 0. The molecule has 0 bridgehead atoms. The van der Waals surface area contributed by atoms with Crippen LogP contribution in [0.5, 0.6) is 0 Å². The molecule has 0 aromatic rings. The number of halogens is 4. The minimum Gasteiger partial charge on any atom is -0.171 e. The Morgan fingerprint density at radius 2 is 1.80 bits per heavy atom. The van der Waals surface area contributed by atoms with Gasteiger partial charge in [-0.15, -0.1) is 0 Å². The Kier molecular flexibility index (Phi) is 2.47. The fraction of sp³-hybridized carbons (Fsp3) is 1.00. The Balaban J connectivity index is 2.45. The Labute approximate surface area is 71.3 Å². The van der Waals surface area contributed by atoms with E-state index >= 15 is 0 Å². The van der Waals surface area contributed by atoms with Gasteiger partial charge in [-0.3, -0.25) is 0 Å². The second-order valence-corrected chi connectivity index (χ2v) is 4.41. The van der Waals surface area contributed by atoms with Crippen LogP contribution in [0.15, 0.2) is 0 Å². The van der Waals surface area contributed by atoms with Crippen LogP contribution < -0.4 is 0 Å². The van der Waals surface area contributed by atoms with E-state index in [2.05, 4.69) is 22.6 Å². The van der Waals surface area contributed by atoms with Crippen LogP contribution in [0.2, 0.25) is 0 Å². The van der Waals surface area contributed by atoms with Crippen molar-refractivity contribution in [2.45, 2.75) is 29.4 Å². The summed E-state index contributed by atoms with van der Waals surface area (Å²) in [4.78, 5) is 0. The third-order valence-corrected chi connectivity index (χ3v) is 2.96. The van der Waals surface area contributed by atoms with Crippen molar-refractivity contribution in [1.29, 1.82) is 0 Å². The molecule has 0 aromatic carbocycles. The molecule has 1 rings (SSSR count). The van der Waals surface area contributed by atoms with Gasteiger partial charge in [-0.2, -0.15) is 13.2 Å². The van der Waals surface area contributed by atoms with Crippen LogP contribution in [0.4, 0.5) is 13.2 Å². The van der Waals surface area contributed by atoms with Crippen LogP contribution in [0.1, 0.15) is 19.3 Å². The third kappa shape index (κ3) is 2.00. The molecular formula is C6H8F3I. The zero-order valence-electron chi connectivity index (χ0n) is 5.29. The molecule has 2 atom stereocenters. The summed E-state index contributed by atoms with van der Waals surface area (Å²) in [6.07, 6.45) is -2.56. The van der Waals surface area contributed by atoms with Crippen LogP contribution in [0.3, 0.4) is 0 Å². The molecule has 0 amide bonds. The molecule has 1 fully saturated rings. The Bertz CT molecular complexity index is 121. The highest BCUT2D eigenvalue weighted by Gasteiger charge is 2.43. The number of hydrogen-bond acceptors (Lipinski definition) is 0. The second kappa shape index (κ2) is 2.87. The first-order valence-electron chi connectivity index (χ1n) is 3.21. The summed E-state index contributed by atoms with van der Waals surface area (Å²) >= 11 is 2.09. The molecule has 0 N–H and O–H groups in total. The molecule has 0 saturated heterocycles. The van der Waals surface area contributed by atoms with Crippen LogP contribution in [-0.4, -0.2) is 10.1 Å². The van der Waals surface area contributed by atoms with Gasteiger partial charge in [-0.1, -0.05) is 22.6 Å². The van der Waals surface area contributed by atoms with E-state index in [4.69, 9.17) is 0 Å². The van der Waals surface area contributed by atoms with Crippen LogP contribution >= 0.6 is 22.6 Å². The predicted molar refractivity (Wildman–Crippen MR) is 41.2 cm³/mol. The van der Waals surface area contributed by atoms with E-state index in [1.54, 1.807) is 0 Å². The molecule has 0 heterocycles. The maximum Gasteiger partial charge on any atom is 0.391 e. The molecule has 0 aliphatic heterocycles. The first kappa shape index (κ1) is 8.62. The van der Waals surface area contributed by atoms with Crippen LogP contribution in [0.25, 0.3) is 0 Å². The maximum atomic E-state index is 11.9. The lowest BCUT2D eigenvalue weighted by Gasteiger charge is -2.12. The van der Waals surface area contributed by atoms with E-state index in [1.807, 2.05) is 0 Å². The summed E-state index contributed by atoms with van der Waals surface area (Å²) < 4.78 is 36.0. The molecule has 0 aromatic heterocycles. The van der Waals surface area contributed by atoms with E-state index < -0.39 is 12.1 Å². The summed E-state index contributed by atoms with van der Waals surface area (Å²) in [5.74, 6) is -1.02. The fourth-order valence-electron chi connectivity index (χ4n) is 1.22. The Hall–Kier alpha value is 0.520. The maximum absolute atomic E-state index is 11.9. The molecule has 1 aliphatic rings. The smallest absolute Gasteiger partial charge is 0.171 e. The standard InChI is InChI=1S/C6H8F3I/c7-6(8,9)4-1-2-5(10)3-4/h4-5H,1-3H2/t4-,5+/m1/s1. The van der Waals surface area contributed by atoms with Crippen molar-refractivity contribution in [2.75, 3.05) is 0 Å².